The van der Waals surface area contributed by atoms with Gasteiger partial charge in [-0.2, -0.15) is 0 Å². The van der Waals surface area contributed by atoms with Gasteiger partial charge in [-0.1, -0.05) is 6.07 Å². The fourth-order valence-electron chi connectivity index (χ4n) is 3.91. The van der Waals surface area contributed by atoms with E-state index in [0.29, 0.717) is 42.0 Å². The van der Waals surface area contributed by atoms with Crippen LogP contribution in [0.4, 0.5) is 4.39 Å². The lowest BCUT2D eigenvalue weighted by molar-refractivity contribution is -0.137. The van der Waals surface area contributed by atoms with Crippen molar-refractivity contribution in [2.45, 2.75) is 51.4 Å². The molecule has 2 heterocycles. The van der Waals surface area contributed by atoms with Crippen LogP contribution in [0, 0.1) is 9.39 Å². The number of benzene rings is 1. The number of rotatable bonds is 5. The molecule has 1 atom stereocenters. The zero-order valence-corrected chi connectivity index (χ0v) is 19.8. The molecule has 1 amide bonds. The SMILES string of the molecule is CC1(C)OC[C@H](CNC(=O)c2c(Cc3ccc(I)cc3F)sc3c2CCCC3=O)O1. The third kappa shape index (κ3) is 4.61. The van der Waals surface area contributed by atoms with Crippen LogP contribution in [-0.2, 0) is 22.3 Å². The van der Waals surface area contributed by atoms with E-state index in [1.165, 1.54) is 17.4 Å². The number of amides is 1. The Morgan fingerprint density at radius 2 is 2.17 bits per heavy atom. The minimum absolute atomic E-state index is 0.0684. The Bertz CT molecular complexity index is 1000. The molecule has 2 aliphatic rings. The predicted molar refractivity (Wildman–Crippen MR) is 121 cm³/mol. The molecule has 0 spiro atoms. The molecule has 5 nitrogen and oxygen atoms in total. The molecule has 0 unspecified atom stereocenters. The summed E-state index contributed by atoms with van der Waals surface area (Å²) in [5.41, 5.74) is 1.85. The third-order valence-electron chi connectivity index (χ3n) is 5.31. The molecule has 1 fully saturated rings. The monoisotopic (exact) mass is 543 g/mol. The summed E-state index contributed by atoms with van der Waals surface area (Å²) in [4.78, 5) is 27.0. The Hall–Kier alpha value is -1.36. The van der Waals surface area contributed by atoms with E-state index >= 15 is 0 Å². The van der Waals surface area contributed by atoms with Gasteiger partial charge in [-0.3, -0.25) is 9.59 Å². The number of carbonyl (C=O) groups excluding carboxylic acids is 2. The fraction of sp³-hybridized carbons (Fsp3) is 0.455. The van der Waals surface area contributed by atoms with Gasteiger partial charge in [-0.15, -0.1) is 11.3 Å². The number of hydrogen-bond acceptors (Lipinski definition) is 5. The number of ketones is 1. The predicted octanol–water partition coefficient (Wildman–Crippen LogP) is 4.48. The molecule has 1 N–H and O–H groups in total. The van der Waals surface area contributed by atoms with E-state index in [2.05, 4.69) is 27.9 Å². The van der Waals surface area contributed by atoms with E-state index in [9.17, 15) is 14.0 Å². The topological polar surface area (TPSA) is 64.6 Å². The molecule has 0 bridgehead atoms. The van der Waals surface area contributed by atoms with Gasteiger partial charge in [0.2, 0.25) is 0 Å². The smallest absolute Gasteiger partial charge is 0.252 e. The molecule has 1 aromatic carbocycles. The van der Waals surface area contributed by atoms with Crippen molar-refractivity contribution in [2.24, 2.45) is 0 Å². The van der Waals surface area contributed by atoms with E-state index < -0.39 is 5.79 Å². The Kier molecular flexibility index (Phi) is 6.30. The maximum Gasteiger partial charge on any atom is 0.252 e. The minimum atomic E-state index is -0.656. The highest BCUT2D eigenvalue weighted by Gasteiger charge is 2.34. The van der Waals surface area contributed by atoms with Crippen molar-refractivity contribution in [3.8, 4) is 0 Å². The lowest BCUT2D eigenvalue weighted by Crippen LogP contribution is -2.35. The molecule has 1 aliphatic heterocycles. The zero-order valence-electron chi connectivity index (χ0n) is 16.8. The Balaban J connectivity index is 1.60. The number of fused-ring (bicyclic) bond motifs is 1. The third-order valence-corrected chi connectivity index (χ3v) is 7.26. The van der Waals surface area contributed by atoms with Crippen molar-refractivity contribution in [2.75, 3.05) is 13.2 Å². The van der Waals surface area contributed by atoms with Crippen LogP contribution < -0.4 is 5.32 Å². The summed E-state index contributed by atoms with van der Waals surface area (Å²) < 4.78 is 26.6. The summed E-state index contributed by atoms with van der Waals surface area (Å²) in [5.74, 6) is -1.13. The second-order valence-corrected chi connectivity index (χ2v) is 10.4. The van der Waals surface area contributed by atoms with Gasteiger partial charge >= 0.3 is 0 Å². The Morgan fingerprint density at radius 3 is 2.87 bits per heavy atom. The zero-order chi connectivity index (χ0) is 21.5. The Labute approximate surface area is 192 Å². The summed E-state index contributed by atoms with van der Waals surface area (Å²) in [6.07, 6.45) is 1.97. The van der Waals surface area contributed by atoms with Crippen molar-refractivity contribution in [1.29, 1.82) is 0 Å². The minimum Gasteiger partial charge on any atom is -0.349 e. The molecule has 0 radical (unpaired) electrons. The first-order chi connectivity index (χ1) is 14.2. The summed E-state index contributed by atoms with van der Waals surface area (Å²) in [6.45, 7) is 4.40. The molecule has 160 valence electrons. The van der Waals surface area contributed by atoms with Crippen LogP contribution in [0.25, 0.3) is 0 Å². The van der Waals surface area contributed by atoms with Gasteiger partial charge in [-0.25, -0.2) is 4.39 Å². The number of halogens is 2. The first-order valence-corrected chi connectivity index (χ1v) is 11.8. The molecule has 4 rings (SSSR count). The quantitative estimate of drug-likeness (QED) is 0.565. The number of nitrogens with one attached hydrogen (secondary N) is 1. The van der Waals surface area contributed by atoms with Gasteiger partial charge in [0.05, 0.1) is 17.0 Å². The van der Waals surface area contributed by atoms with E-state index in [-0.39, 0.29) is 30.0 Å². The van der Waals surface area contributed by atoms with Gasteiger partial charge in [-0.05, 0) is 72.5 Å². The standard InChI is InChI=1S/C22H23FINO4S/c1-22(2)28-11-14(29-22)10-25-21(27)19-15-4-3-5-17(26)20(15)30-18(19)8-12-6-7-13(24)9-16(12)23/h6-7,9,14H,3-5,8,10-11H2,1-2H3,(H,25,27)/t14-/m0/s1. The highest BCUT2D eigenvalue weighted by molar-refractivity contribution is 14.1. The Morgan fingerprint density at radius 1 is 1.37 bits per heavy atom. The normalized spacial score (nSPS) is 20.3. The summed E-state index contributed by atoms with van der Waals surface area (Å²) >= 11 is 3.40. The van der Waals surface area contributed by atoms with Crippen molar-refractivity contribution < 1.29 is 23.5 Å². The summed E-state index contributed by atoms with van der Waals surface area (Å²) in [6, 6.07) is 5.06. The average molecular weight is 543 g/mol. The summed E-state index contributed by atoms with van der Waals surface area (Å²) in [5, 5.41) is 2.94. The number of thiophene rings is 1. The number of hydrogen-bond donors (Lipinski definition) is 1. The lowest BCUT2D eigenvalue weighted by atomic mass is 9.92. The van der Waals surface area contributed by atoms with Crippen molar-refractivity contribution in [3.05, 3.63) is 54.0 Å². The summed E-state index contributed by atoms with van der Waals surface area (Å²) in [7, 11) is 0. The number of carbonyl (C=O) groups is 2. The second-order valence-electron chi connectivity index (χ2n) is 8.06. The molecule has 2 aromatic rings. The first kappa shape index (κ1) is 21.9. The molecular formula is C22H23FINO4S. The van der Waals surface area contributed by atoms with Crippen LogP contribution in [0.5, 0.6) is 0 Å². The number of ether oxygens (including phenoxy) is 2. The average Bonchev–Trinajstić information content (AvgIpc) is 3.22. The molecule has 0 saturated carbocycles. The van der Waals surface area contributed by atoms with Gasteiger partial charge < -0.3 is 14.8 Å². The van der Waals surface area contributed by atoms with Gasteiger partial charge in [0.25, 0.3) is 5.91 Å². The van der Waals surface area contributed by atoms with Crippen LogP contribution in [0.1, 0.15) is 62.7 Å². The van der Waals surface area contributed by atoms with E-state index in [1.54, 1.807) is 6.07 Å². The molecule has 1 saturated heterocycles. The highest BCUT2D eigenvalue weighted by atomic mass is 127. The lowest BCUT2D eigenvalue weighted by Gasteiger charge is -2.18. The largest absolute Gasteiger partial charge is 0.349 e. The molecule has 30 heavy (non-hydrogen) atoms. The van der Waals surface area contributed by atoms with E-state index in [1.807, 2.05) is 19.9 Å². The van der Waals surface area contributed by atoms with Crippen molar-refractivity contribution in [1.82, 2.24) is 5.32 Å². The van der Waals surface area contributed by atoms with Crippen LogP contribution in [0.15, 0.2) is 18.2 Å². The second kappa shape index (κ2) is 8.64. The maximum absolute atomic E-state index is 14.5. The number of Topliss-reactive ketones (excluding diaryl/α,β-unsaturated/α-hetero) is 1. The molecule has 1 aromatic heterocycles. The van der Waals surface area contributed by atoms with Gasteiger partial charge in [0.1, 0.15) is 11.9 Å². The van der Waals surface area contributed by atoms with E-state index in [0.717, 1.165) is 20.4 Å². The fourth-order valence-corrected chi connectivity index (χ4v) is 5.69. The first-order valence-electron chi connectivity index (χ1n) is 9.95. The molecule has 1 aliphatic carbocycles. The van der Waals surface area contributed by atoms with Crippen molar-refractivity contribution in [3.63, 3.8) is 0 Å². The molecular weight excluding hydrogens is 520 g/mol. The van der Waals surface area contributed by atoms with Crippen LogP contribution in [0.2, 0.25) is 0 Å². The highest BCUT2D eigenvalue weighted by Crippen LogP contribution is 2.36. The van der Waals surface area contributed by atoms with Crippen LogP contribution in [-0.4, -0.2) is 36.7 Å². The van der Waals surface area contributed by atoms with Crippen LogP contribution >= 0.6 is 33.9 Å². The maximum atomic E-state index is 14.5. The van der Waals surface area contributed by atoms with E-state index in [4.69, 9.17) is 9.47 Å². The van der Waals surface area contributed by atoms with Gasteiger partial charge in [0, 0.05) is 27.8 Å². The van der Waals surface area contributed by atoms with Crippen molar-refractivity contribution >= 4 is 45.6 Å². The van der Waals surface area contributed by atoms with Gasteiger partial charge in [0.15, 0.2) is 11.6 Å². The molecule has 8 heteroatoms. The van der Waals surface area contributed by atoms with Crippen LogP contribution in [0.3, 0.4) is 0 Å².